The second kappa shape index (κ2) is 9.01. The van der Waals surface area contributed by atoms with Crippen molar-refractivity contribution < 1.29 is 27.8 Å². The molecular weight excluding hydrogens is 438 g/mol. The summed E-state index contributed by atoms with van der Waals surface area (Å²) in [5.41, 5.74) is -0.578. The van der Waals surface area contributed by atoms with E-state index in [2.05, 4.69) is 26.6 Å². The van der Waals surface area contributed by atoms with E-state index in [9.17, 15) is 18.4 Å². The molecule has 2 rings (SSSR count). The minimum Gasteiger partial charge on any atom is -0.481 e. The highest BCUT2D eigenvalue weighted by atomic mass is 79.9. The van der Waals surface area contributed by atoms with Gasteiger partial charge in [0, 0.05) is 4.47 Å². The number of amides is 2. The monoisotopic (exact) mass is 456 g/mol. The van der Waals surface area contributed by atoms with E-state index in [-0.39, 0.29) is 17.1 Å². The SMILES string of the molecule is CC(C)(C)OC(=O)Nc1ccc(F)cc1NC(=O)COc1ccc(Br)cc1F. The van der Waals surface area contributed by atoms with E-state index in [0.29, 0.717) is 4.47 Å². The summed E-state index contributed by atoms with van der Waals surface area (Å²) in [5.74, 6) is -2.03. The van der Waals surface area contributed by atoms with Gasteiger partial charge in [-0.05, 0) is 57.2 Å². The van der Waals surface area contributed by atoms with Crippen molar-refractivity contribution in [3.8, 4) is 5.75 Å². The number of benzene rings is 2. The normalized spacial score (nSPS) is 10.9. The molecule has 2 aromatic carbocycles. The maximum atomic E-state index is 13.7. The van der Waals surface area contributed by atoms with Crippen LogP contribution in [-0.2, 0) is 9.53 Å². The van der Waals surface area contributed by atoms with Crippen LogP contribution >= 0.6 is 15.9 Å². The van der Waals surface area contributed by atoms with Crippen molar-refractivity contribution in [2.45, 2.75) is 26.4 Å². The van der Waals surface area contributed by atoms with Gasteiger partial charge in [-0.25, -0.2) is 13.6 Å². The third kappa shape index (κ3) is 6.80. The van der Waals surface area contributed by atoms with Crippen LogP contribution in [0.1, 0.15) is 20.8 Å². The molecule has 28 heavy (non-hydrogen) atoms. The average molecular weight is 457 g/mol. The molecule has 6 nitrogen and oxygen atoms in total. The van der Waals surface area contributed by atoms with Crippen molar-refractivity contribution in [3.63, 3.8) is 0 Å². The van der Waals surface area contributed by atoms with E-state index >= 15 is 0 Å². The maximum Gasteiger partial charge on any atom is 0.412 e. The lowest BCUT2D eigenvalue weighted by Gasteiger charge is -2.20. The van der Waals surface area contributed by atoms with Crippen LogP contribution in [0, 0.1) is 11.6 Å². The highest BCUT2D eigenvalue weighted by molar-refractivity contribution is 9.10. The molecule has 2 amide bonds. The number of hydrogen-bond acceptors (Lipinski definition) is 4. The summed E-state index contributed by atoms with van der Waals surface area (Å²) in [7, 11) is 0. The highest BCUT2D eigenvalue weighted by Gasteiger charge is 2.18. The molecule has 0 saturated carbocycles. The molecule has 0 radical (unpaired) electrons. The number of ether oxygens (including phenoxy) is 2. The molecule has 150 valence electrons. The van der Waals surface area contributed by atoms with Crippen LogP contribution in [0.3, 0.4) is 0 Å². The summed E-state index contributed by atoms with van der Waals surface area (Å²) >= 11 is 3.12. The molecular formula is C19H19BrF2N2O4. The molecule has 0 fully saturated rings. The fourth-order valence-corrected chi connectivity index (χ4v) is 2.40. The van der Waals surface area contributed by atoms with Crippen molar-refractivity contribution in [1.29, 1.82) is 0 Å². The standard InChI is InChI=1S/C19H19BrF2N2O4/c1-19(2,3)28-18(26)24-14-6-5-12(21)9-15(14)23-17(25)10-27-16-7-4-11(20)8-13(16)22/h4-9H,10H2,1-3H3,(H,23,25)(H,24,26). The Labute approximate surface area is 169 Å². The third-order valence-corrected chi connectivity index (χ3v) is 3.64. The van der Waals surface area contributed by atoms with Gasteiger partial charge in [0.2, 0.25) is 0 Å². The number of carbonyl (C=O) groups is 2. The summed E-state index contributed by atoms with van der Waals surface area (Å²) in [4.78, 5) is 24.0. The Morgan fingerprint density at radius 3 is 2.39 bits per heavy atom. The van der Waals surface area contributed by atoms with Crippen LogP contribution in [0.15, 0.2) is 40.9 Å². The number of rotatable bonds is 5. The Morgan fingerprint density at radius 1 is 1.04 bits per heavy atom. The molecule has 0 bridgehead atoms. The van der Waals surface area contributed by atoms with Gasteiger partial charge in [0.1, 0.15) is 11.4 Å². The van der Waals surface area contributed by atoms with Crippen LogP contribution in [0.5, 0.6) is 5.75 Å². The minimum atomic E-state index is -0.761. The Morgan fingerprint density at radius 2 is 1.75 bits per heavy atom. The van der Waals surface area contributed by atoms with Gasteiger partial charge in [-0.2, -0.15) is 0 Å². The smallest absolute Gasteiger partial charge is 0.412 e. The number of anilines is 2. The lowest BCUT2D eigenvalue weighted by Crippen LogP contribution is -2.28. The molecule has 0 spiro atoms. The Hall–Kier alpha value is -2.68. The van der Waals surface area contributed by atoms with Gasteiger partial charge in [-0.3, -0.25) is 10.1 Å². The van der Waals surface area contributed by atoms with Crippen LogP contribution in [0.25, 0.3) is 0 Å². The molecule has 0 unspecified atom stereocenters. The van der Waals surface area contributed by atoms with E-state index in [0.717, 1.165) is 12.1 Å². The lowest BCUT2D eigenvalue weighted by atomic mass is 10.2. The zero-order valence-electron chi connectivity index (χ0n) is 15.4. The quantitative estimate of drug-likeness (QED) is 0.656. The lowest BCUT2D eigenvalue weighted by molar-refractivity contribution is -0.118. The van der Waals surface area contributed by atoms with Crippen molar-refractivity contribution in [2.75, 3.05) is 17.2 Å². The van der Waals surface area contributed by atoms with Gasteiger partial charge in [-0.15, -0.1) is 0 Å². The van der Waals surface area contributed by atoms with Crippen molar-refractivity contribution in [2.24, 2.45) is 0 Å². The van der Waals surface area contributed by atoms with E-state index < -0.39 is 35.8 Å². The summed E-state index contributed by atoms with van der Waals surface area (Å²) in [6, 6.07) is 7.56. The fourth-order valence-electron chi connectivity index (χ4n) is 2.06. The second-order valence-electron chi connectivity index (χ2n) is 6.73. The van der Waals surface area contributed by atoms with Gasteiger partial charge >= 0.3 is 6.09 Å². The fraction of sp³-hybridized carbons (Fsp3) is 0.263. The van der Waals surface area contributed by atoms with Crippen LogP contribution in [-0.4, -0.2) is 24.2 Å². The average Bonchev–Trinajstić information content (AvgIpc) is 2.55. The summed E-state index contributed by atoms with van der Waals surface area (Å²) < 4.78 is 38.1. The predicted octanol–water partition coefficient (Wildman–Crippen LogP) is 5.09. The van der Waals surface area contributed by atoms with Gasteiger partial charge in [-0.1, -0.05) is 15.9 Å². The Balaban J connectivity index is 2.04. The number of halogens is 3. The number of nitrogens with one attached hydrogen (secondary N) is 2. The molecule has 0 saturated heterocycles. The zero-order valence-corrected chi connectivity index (χ0v) is 17.0. The van der Waals surface area contributed by atoms with Gasteiger partial charge < -0.3 is 14.8 Å². The first kappa shape index (κ1) is 21.6. The summed E-state index contributed by atoms with van der Waals surface area (Å²) in [6.07, 6.45) is -0.761. The Bertz CT molecular complexity index is 885. The van der Waals surface area contributed by atoms with E-state index in [4.69, 9.17) is 9.47 Å². The minimum absolute atomic E-state index is 0.00994. The zero-order chi connectivity index (χ0) is 20.9. The van der Waals surface area contributed by atoms with Crippen LogP contribution < -0.4 is 15.4 Å². The maximum absolute atomic E-state index is 13.7. The molecule has 2 N–H and O–H groups in total. The first-order chi connectivity index (χ1) is 13.0. The molecule has 0 aliphatic carbocycles. The van der Waals surface area contributed by atoms with E-state index in [1.54, 1.807) is 26.8 Å². The number of hydrogen-bond donors (Lipinski definition) is 2. The summed E-state index contributed by atoms with van der Waals surface area (Å²) in [6.45, 7) is 4.57. The van der Waals surface area contributed by atoms with Crippen LogP contribution in [0.4, 0.5) is 25.0 Å². The highest BCUT2D eigenvalue weighted by Crippen LogP contribution is 2.24. The molecule has 0 atom stereocenters. The molecule has 0 aliphatic heterocycles. The third-order valence-electron chi connectivity index (χ3n) is 3.14. The van der Waals surface area contributed by atoms with Gasteiger partial charge in [0.15, 0.2) is 18.2 Å². The molecule has 9 heteroatoms. The summed E-state index contributed by atoms with van der Waals surface area (Å²) in [5, 5.41) is 4.85. The van der Waals surface area contributed by atoms with Gasteiger partial charge in [0.25, 0.3) is 5.91 Å². The van der Waals surface area contributed by atoms with Crippen molar-refractivity contribution in [3.05, 3.63) is 52.5 Å². The first-order valence-corrected chi connectivity index (χ1v) is 9.00. The topological polar surface area (TPSA) is 76.7 Å². The van der Waals surface area contributed by atoms with Crippen molar-refractivity contribution in [1.82, 2.24) is 0 Å². The largest absolute Gasteiger partial charge is 0.481 e. The van der Waals surface area contributed by atoms with Gasteiger partial charge in [0.05, 0.1) is 11.4 Å². The Kier molecular flexibility index (Phi) is 6.95. The van der Waals surface area contributed by atoms with Crippen LogP contribution in [0.2, 0.25) is 0 Å². The van der Waals surface area contributed by atoms with E-state index in [1.807, 2.05) is 0 Å². The molecule has 0 aliphatic rings. The molecule has 2 aromatic rings. The van der Waals surface area contributed by atoms with E-state index in [1.165, 1.54) is 18.2 Å². The first-order valence-electron chi connectivity index (χ1n) is 8.21. The number of carbonyl (C=O) groups excluding carboxylic acids is 2. The van der Waals surface area contributed by atoms with Crippen molar-refractivity contribution >= 4 is 39.3 Å². The predicted molar refractivity (Wildman–Crippen MR) is 104 cm³/mol. The molecule has 0 aromatic heterocycles. The second-order valence-corrected chi connectivity index (χ2v) is 7.64. The molecule has 0 heterocycles.